The van der Waals surface area contributed by atoms with Crippen LogP contribution in [0.3, 0.4) is 0 Å². The van der Waals surface area contributed by atoms with E-state index in [9.17, 15) is 4.79 Å². The van der Waals surface area contributed by atoms with Crippen molar-refractivity contribution < 1.29 is 9.53 Å². The number of nitrogens with zero attached hydrogens (tertiary/aromatic N) is 4. The lowest BCUT2D eigenvalue weighted by atomic mass is 10.0. The number of rotatable bonds is 2. The van der Waals surface area contributed by atoms with Crippen molar-refractivity contribution >= 4 is 27.8 Å². The molecule has 4 aromatic rings. The van der Waals surface area contributed by atoms with E-state index in [1.807, 2.05) is 36.2 Å². The first-order valence-electron chi connectivity index (χ1n) is 8.88. The van der Waals surface area contributed by atoms with E-state index in [0.717, 1.165) is 39.7 Å². The van der Waals surface area contributed by atoms with Crippen LogP contribution in [0.1, 0.15) is 21.6 Å². The fourth-order valence-corrected chi connectivity index (χ4v) is 3.82. The van der Waals surface area contributed by atoms with Crippen molar-refractivity contribution in [2.24, 2.45) is 7.05 Å². The van der Waals surface area contributed by atoms with E-state index >= 15 is 0 Å². The number of benzene rings is 1. The van der Waals surface area contributed by atoms with Crippen molar-refractivity contribution in [3.05, 3.63) is 53.5 Å². The van der Waals surface area contributed by atoms with E-state index < -0.39 is 0 Å². The maximum Gasteiger partial charge on any atom is 0.255 e. The van der Waals surface area contributed by atoms with Gasteiger partial charge in [0.25, 0.3) is 5.91 Å². The van der Waals surface area contributed by atoms with Crippen molar-refractivity contribution in [1.82, 2.24) is 24.6 Å². The summed E-state index contributed by atoms with van der Waals surface area (Å²) in [5.41, 5.74) is 5.68. The van der Waals surface area contributed by atoms with Gasteiger partial charge in [-0.1, -0.05) is 0 Å². The van der Waals surface area contributed by atoms with Crippen LogP contribution in [0.15, 0.2) is 36.7 Å². The van der Waals surface area contributed by atoms with Gasteiger partial charge in [0.15, 0.2) is 0 Å². The number of H-pyrrole nitrogens is 1. The van der Waals surface area contributed by atoms with Crippen LogP contribution in [0.4, 0.5) is 0 Å². The fraction of sp³-hybridized carbons (Fsp3) is 0.250. The van der Waals surface area contributed by atoms with Crippen LogP contribution < -0.4 is 4.74 Å². The van der Waals surface area contributed by atoms with Crippen molar-refractivity contribution in [3.63, 3.8) is 0 Å². The molecule has 0 saturated heterocycles. The molecule has 136 valence electrons. The van der Waals surface area contributed by atoms with Gasteiger partial charge in [-0.2, -0.15) is 5.10 Å². The number of ether oxygens (including phenoxy) is 1. The smallest absolute Gasteiger partial charge is 0.255 e. The fourth-order valence-electron chi connectivity index (χ4n) is 3.82. The van der Waals surface area contributed by atoms with Gasteiger partial charge in [0, 0.05) is 54.9 Å². The Balaban J connectivity index is 1.50. The Morgan fingerprint density at radius 3 is 3.00 bits per heavy atom. The molecule has 0 radical (unpaired) electrons. The highest BCUT2D eigenvalue weighted by Crippen LogP contribution is 2.31. The van der Waals surface area contributed by atoms with E-state index in [1.165, 1.54) is 5.69 Å². The zero-order valence-corrected chi connectivity index (χ0v) is 15.2. The molecule has 0 aliphatic carbocycles. The van der Waals surface area contributed by atoms with Gasteiger partial charge < -0.3 is 14.6 Å². The summed E-state index contributed by atoms with van der Waals surface area (Å²) < 4.78 is 7.10. The monoisotopic (exact) mass is 361 g/mol. The Morgan fingerprint density at radius 2 is 2.15 bits per heavy atom. The summed E-state index contributed by atoms with van der Waals surface area (Å²) in [6, 6.07) is 7.87. The standard InChI is InChI=1S/C20H19N5O2/c1-24-19-7-12(9-21-18(19)10-22-24)20(26)25-6-5-17-15(11-25)14-8-13(27-2)3-4-16(14)23-17/h3-4,7-10,23H,5-6,11H2,1-2H3. The third-order valence-electron chi connectivity index (χ3n) is 5.32. The van der Waals surface area contributed by atoms with Crippen LogP contribution >= 0.6 is 0 Å². The second kappa shape index (κ2) is 5.84. The molecule has 0 atom stereocenters. The lowest BCUT2D eigenvalue weighted by molar-refractivity contribution is 0.0735. The van der Waals surface area contributed by atoms with Gasteiger partial charge in [0.05, 0.1) is 24.4 Å². The van der Waals surface area contributed by atoms with Crippen molar-refractivity contribution in [3.8, 4) is 5.75 Å². The predicted molar refractivity (Wildman–Crippen MR) is 102 cm³/mol. The molecule has 7 nitrogen and oxygen atoms in total. The minimum Gasteiger partial charge on any atom is -0.497 e. The number of hydrogen-bond donors (Lipinski definition) is 1. The molecule has 0 bridgehead atoms. The molecule has 4 heterocycles. The highest BCUT2D eigenvalue weighted by Gasteiger charge is 2.25. The lowest BCUT2D eigenvalue weighted by Crippen LogP contribution is -2.35. The Morgan fingerprint density at radius 1 is 1.26 bits per heavy atom. The number of aryl methyl sites for hydroxylation is 1. The minimum atomic E-state index is -0.00602. The Labute approximate surface area is 155 Å². The summed E-state index contributed by atoms with van der Waals surface area (Å²) >= 11 is 0. The Bertz CT molecular complexity index is 1190. The topological polar surface area (TPSA) is 76.0 Å². The van der Waals surface area contributed by atoms with Crippen LogP contribution in [0.2, 0.25) is 0 Å². The predicted octanol–water partition coefficient (Wildman–Crippen LogP) is 2.66. The Kier molecular flexibility index (Phi) is 3.43. The largest absolute Gasteiger partial charge is 0.497 e. The molecule has 1 aliphatic heterocycles. The number of amides is 1. The molecule has 0 unspecified atom stereocenters. The average Bonchev–Trinajstić information content (AvgIpc) is 3.26. The SMILES string of the molecule is COc1ccc2[nH]c3c(c2c1)CN(C(=O)c1cnc2cnn(C)c2c1)CC3. The summed E-state index contributed by atoms with van der Waals surface area (Å²) in [6.07, 6.45) is 4.15. The van der Waals surface area contributed by atoms with Gasteiger partial charge in [-0.3, -0.25) is 14.5 Å². The maximum absolute atomic E-state index is 13.1. The molecule has 7 heteroatoms. The quantitative estimate of drug-likeness (QED) is 0.596. The summed E-state index contributed by atoms with van der Waals surface area (Å²) in [4.78, 5) is 22.8. The van der Waals surface area contributed by atoms with Crippen LogP contribution in [0, 0.1) is 0 Å². The lowest BCUT2D eigenvalue weighted by Gasteiger charge is -2.27. The minimum absolute atomic E-state index is 0.00602. The molecular formula is C20H19N5O2. The van der Waals surface area contributed by atoms with E-state index in [1.54, 1.807) is 24.2 Å². The Hall–Kier alpha value is -3.35. The number of methoxy groups -OCH3 is 1. The number of aromatic amines is 1. The van der Waals surface area contributed by atoms with Gasteiger partial charge in [-0.15, -0.1) is 0 Å². The van der Waals surface area contributed by atoms with Crippen molar-refractivity contribution in [2.75, 3.05) is 13.7 Å². The number of hydrogen-bond acceptors (Lipinski definition) is 4. The third-order valence-corrected chi connectivity index (χ3v) is 5.32. The van der Waals surface area contributed by atoms with E-state index in [0.29, 0.717) is 18.7 Å². The maximum atomic E-state index is 13.1. The molecule has 1 amide bonds. The molecule has 1 aliphatic rings. The van der Waals surface area contributed by atoms with Crippen molar-refractivity contribution in [2.45, 2.75) is 13.0 Å². The first-order valence-corrected chi connectivity index (χ1v) is 8.88. The highest BCUT2D eigenvalue weighted by molar-refractivity contribution is 5.97. The van der Waals surface area contributed by atoms with E-state index in [2.05, 4.69) is 15.1 Å². The number of carbonyl (C=O) groups is 1. The number of pyridine rings is 1. The molecule has 1 aromatic carbocycles. The zero-order valence-electron chi connectivity index (χ0n) is 15.2. The second-order valence-corrected chi connectivity index (χ2v) is 6.87. The molecule has 1 N–H and O–H groups in total. The molecule has 3 aromatic heterocycles. The number of fused-ring (bicyclic) bond motifs is 4. The van der Waals surface area contributed by atoms with Gasteiger partial charge in [-0.05, 0) is 24.3 Å². The highest BCUT2D eigenvalue weighted by atomic mass is 16.5. The summed E-state index contributed by atoms with van der Waals surface area (Å²) in [7, 11) is 3.52. The van der Waals surface area contributed by atoms with Crippen LogP contribution in [0.5, 0.6) is 5.75 Å². The van der Waals surface area contributed by atoms with Crippen LogP contribution in [0.25, 0.3) is 21.9 Å². The first-order chi connectivity index (χ1) is 13.1. The normalized spacial score (nSPS) is 13.9. The van der Waals surface area contributed by atoms with Gasteiger partial charge in [0.1, 0.15) is 11.3 Å². The number of nitrogens with one attached hydrogen (secondary N) is 1. The van der Waals surface area contributed by atoms with Crippen LogP contribution in [-0.4, -0.2) is 44.2 Å². The average molecular weight is 361 g/mol. The van der Waals surface area contributed by atoms with Crippen LogP contribution in [-0.2, 0) is 20.0 Å². The van der Waals surface area contributed by atoms with E-state index in [4.69, 9.17) is 4.74 Å². The summed E-state index contributed by atoms with van der Waals surface area (Å²) in [5, 5.41) is 5.31. The molecule has 27 heavy (non-hydrogen) atoms. The van der Waals surface area contributed by atoms with Gasteiger partial charge in [0.2, 0.25) is 0 Å². The zero-order chi connectivity index (χ0) is 18.5. The number of aromatic nitrogens is 4. The van der Waals surface area contributed by atoms with Crippen molar-refractivity contribution in [1.29, 1.82) is 0 Å². The van der Waals surface area contributed by atoms with E-state index in [-0.39, 0.29) is 5.91 Å². The molecule has 0 spiro atoms. The third kappa shape index (κ3) is 2.46. The summed E-state index contributed by atoms with van der Waals surface area (Å²) in [6.45, 7) is 1.25. The summed E-state index contributed by atoms with van der Waals surface area (Å²) in [5.74, 6) is 0.812. The molecule has 5 rings (SSSR count). The second-order valence-electron chi connectivity index (χ2n) is 6.87. The molecule has 0 fully saturated rings. The van der Waals surface area contributed by atoms with Gasteiger partial charge >= 0.3 is 0 Å². The van der Waals surface area contributed by atoms with Gasteiger partial charge in [-0.25, -0.2) is 0 Å². The molecule has 0 saturated carbocycles. The molecular weight excluding hydrogens is 342 g/mol. The first kappa shape index (κ1) is 15.9. The number of carbonyl (C=O) groups excluding carboxylic acids is 1.